The summed E-state index contributed by atoms with van der Waals surface area (Å²) in [6, 6.07) is 7.27. The Morgan fingerprint density at radius 1 is 1.08 bits per heavy atom. The van der Waals surface area contributed by atoms with Crippen LogP contribution in [0.15, 0.2) is 36.5 Å². The number of amides is 1. The molecule has 0 radical (unpaired) electrons. The molecule has 3 rings (SSSR count). The van der Waals surface area contributed by atoms with E-state index < -0.39 is 0 Å². The fourth-order valence-corrected chi connectivity index (χ4v) is 2.73. The van der Waals surface area contributed by atoms with Crippen LogP contribution in [0.2, 0.25) is 0 Å². The molecule has 7 heteroatoms. The molecular weight excluding hydrogens is 311 g/mol. The van der Waals surface area contributed by atoms with Crippen LogP contribution >= 0.6 is 0 Å². The number of nitrogens with zero attached hydrogens (tertiary/aromatic N) is 4. The Morgan fingerprint density at radius 2 is 1.75 bits per heavy atom. The van der Waals surface area contributed by atoms with Gasteiger partial charge in [0.25, 0.3) is 5.91 Å². The van der Waals surface area contributed by atoms with Crippen LogP contribution in [-0.4, -0.2) is 64.0 Å². The lowest BCUT2D eigenvalue weighted by atomic mass is 10.1. The highest BCUT2D eigenvalue weighted by Crippen LogP contribution is 2.09. The highest BCUT2D eigenvalue weighted by atomic mass is 19.1. The van der Waals surface area contributed by atoms with Gasteiger partial charge in [0.15, 0.2) is 5.78 Å². The van der Waals surface area contributed by atoms with Crippen molar-refractivity contribution in [3.05, 3.63) is 53.6 Å². The number of hydrogen-bond acceptors (Lipinski definition) is 4. The van der Waals surface area contributed by atoms with Gasteiger partial charge in [0, 0.05) is 45.0 Å². The van der Waals surface area contributed by atoms with E-state index in [1.807, 2.05) is 4.90 Å². The summed E-state index contributed by atoms with van der Waals surface area (Å²) in [4.78, 5) is 28.3. The molecule has 1 aliphatic heterocycles. The normalized spacial score (nSPS) is 15.5. The van der Waals surface area contributed by atoms with Gasteiger partial charge in [-0.1, -0.05) is 0 Å². The van der Waals surface area contributed by atoms with Crippen LogP contribution in [0.5, 0.6) is 0 Å². The van der Waals surface area contributed by atoms with Gasteiger partial charge in [0.05, 0.1) is 6.54 Å². The molecule has 1 amide bonds. The van der Waals surface area contributed by atoms with Crippen LogP contribution in [0.4, 0.5) is 4.39 Å². The summed E-state index contributed by atoms with van der Waals surface area (Å²) in [6.07, 6.45) is 1.74. The monoisotopic (exact) mass is 330 g/mol. The molecule has 1 aliphatic rings. The molecule has 0 atom stereocenters. The molecular formula is C17H19FN4O2. The standard InChI is InChI=1S/C17H19FN4O2/c1-20-7-6-15(19-20)17(24)22-10-8-21(9-11-22)12-16(23)13-2-4-14(18)5-3-13/h2-7H,8-12H2,1H3. The lowest BCUT2D eigenvalue weighted by Crippen LogP contribution is -2.50. The lowest BCUT2D eigenvalue weighted by Gasteiger charge is -2.34. The maximum atomic E-state index is 12.9. The van der Waals surface area contributed by atoms with E-state index in [1.54, 1.807) is 28.9 Å². The Labute approximate surface area is 139 Å². The van der Waals surface area contributed by atoms with Crippen molar-refractivity contribution in [1.82, 2.24) is 19.6 Å². The summed E-state index contributed by atoms with van der Waals surface area (Å²) in [5.74, 6) is -0.479. The minimum absolute atomic E-state index is 0.0421. The summed E-state index contributed by atoms with van der Waals surface area (Å²) in [5, 5.41) is 4.13. The van der Waals surface area contributed by atoms with Gasteiger partial charge in [-0.3, -0.25) is 19.2 Å². The number of aryl methyl sites for hydroxylation is 1. The van der Waals surface area contributed by atoms with E-state index >= 15 is 0 Å². The summed E-state index contributed by atoms with van der Waals surface area (Å²) < 4.78 is 14.5. The molecule has 2 heterocycles. The van der Waals surface area contributed by atoms with E-state index in [9.17, 15) is 14.0 Å². The average Bonchev–Trinajstić information content (AvgIpc) is 3.02. The first kappa shape index (κ1) is 16.3. The van der Waals surface area contributed by atoms with Crippen LogP contribution in [0.3, 0.4) is 0 Å². The van der Waals surface area contributed by atoms with Gasteiger partial charge < -0.3 is 4.90 Å². The summed E-state index contributed by atoms with van der Waals surface area (Å²) in [7, 11) is 1.77. The first-order chi connectivity index (χ1) is 11.5. The second-order valence-corrected chi connectivity index (χ2v) is 5.87. The third-order valence-electron chi connectivity index (χ3n) is 4.13. The van der Waals surface area contributed by atoms with Crippen LogP contribution < -0.4 is 0 Å². The number of piperazine rings is 1. The number of carbonyl (C=O) groups is 2. The molecule has 0 saturated carbocycles. The smallest absolute Gasteiger partial charge is 0.274 e. The number of hydrogen-bond donors (Lipinski definition) is 0. The fraction of sp³-hybridized carbons (Fsp3) is 0.353. The Balaban J connectivity index is 1.52. The zero-order chi connectivity index (χ0) is 17.1. The van der Waals surface area contributed by atoms with Crippen molar-refractivity contribution >= 4 is 11.7 Å². The van der Waals surface area contributed by atoms with Crippen molar-refractivity contribution in [3.63, 3.8) is 0 Å². The number of Topliss-reactive ketones (excluding diaryl/α,β-unsaturated/α-hetero) is 1. The number of halogens is 1. The molecule has 126 valence electrons. The van der Waals surface area contributed by atoms with Gasteiger partial charge in [-0.25, -0.2) is 4.39 Å². The molecule has 6 nitrogen and oxygen atoms in total. The molecule has 1 saturated heterocycles. The number of carbonyl (C=O) groups excluding carboxylic acids is 2. The predicted octanol–water partition coefficient (Wildman–Crippen LogP) is 1.20. The highest BCUT2D eigenvalue weighted by Gasteiger charge is 2.24. The maximum absolute atomic E-state index is 12.9. The fourth-order valence-electron chi connectivity index (χ4n) is 2.73. The Kier molecular flexibility index (Phi) is 4.71. The topological polar surface area (TPSA) is 58.4 Å². The quantitative estimate of drug-likeness (QED) is 0.791. The number of benzene rings is 1. The zero-order valence-corrected chi connectivity index (χ0v) is 13.5. The zero-order valence-electron chi connectivity index (χ0n) is 13.5. The number of aromatic nitrogens is 2. The SMILES string of the molecule is Cn1ccc(C(=O)N2CCN(CC(=O)c3ccc(F)cc3)CC2)n1. The Bertz CT molecular complexity index is 733. The van der Waals surface area contributed by atoms with E-state index in [-0.39, 0.29) is 24.1 Å². The number of ketones is 1. The largest absolute Gasteiger partial charge is 0.335 e. The molecule has 0 aliphatic carbocycles. The molecule has 2 aromatic rings. The van der Waals surface area contributed by atoms with E-state index in [4.69, 9.17) is 0 Å². The van der Waals surface area contributed by atoms with Gasteiger partial charge in [-0.2, -0.15) is 5.10 Å². The molecule has 0 unspecified atom stereocenters. The average molecular weight is 330 g/mol. The van der Waals surface area contributed by atoms with E-state index in [0.717, 1.165) is 0 Å². The third kappa shape index (κ3) is 3.68. The van der Waals surface area contributed by atoms with Crippen molar-refractivity contribution in [2.24, 2.45) is 7.05 Å². The molecule has 1 aromatic carbocycles. The molecule has 0 N–H and O–H groups in total. The molecule has 0 spiro atoms. The van der Waals surface area contributed by atoms with Crippen molar-refractivity contribution in [2.75, 3.05) is 32.7 Å². The first-order valence-corrected chi connectivity index (χ1v) is 7.83. The van der Waals surface area contributed by atoms with Crippen molar-refractivity contribution in [3.8, 4) is 0 Å². The van der Waals surface area contributed by atoms with E-state index in [1.165, 1.54) is 24.3 Å². The second kappa shape index (κ2) is 6.92. The highest BCUT2D eigenvalue weighted by molar-refractivity contribution is 5.97. The lowest BCUT2D eigenvalue weighted by molar-refractivity contribution is 0.0618. The Morgan fingerprint density at radius 3 is 2.33 bits per heavy atom. The van der Waals surface area contributed by atoms with E-state index in [2.05, 4.69) is 5.10 Å². The van der Waals surface area contributed by atoms with Crippen LogP contribution in [0.1, 0.15) is 20.8 Å². The van der Waals surface area contributed by atoms with Gasteiger partial charge in [-0.05, 0) is 30.3 Å². The number of rotatable bonds is 4. The molecule has 24 heavy (non-hydrogen) atoms. The summed E-state index contributed by atoms with van der Waals surface area (Å²) in [6.45, 7) is 2.66. The van der Waals surface area contributed by atoms with E-state index in [0.29, 0.717) is 37.4 Å². The van der Waals surface area contributed by atoms with Gasteiger partial charge in [0.2, 0.25) is 0 Å². The van der Waals surface area contributed by atoms with Gasteiger partial charge in [-0.15, -0.1) is 0 Å². The summed E-state index contributed by atoms with van der Waals surface area (Å²) >= 11 is 0. The van der Waals surface area contributed by atoms with Gasteiger partial charge in [0.1, 0.15) is 11.5 Å². The van der Waals surface area contributed by atoms with Crippen LogP contribution in [0, 0.1) is 5.82 Å². The van der Waals surface area contributed by atoms with Crippen molar-refractivity contribution in [1.29, 1.82) is 0 Å². The molecule has 1 fully saturated rings. The van der Waals surface area contributed by atoms with Gasteiger partial charge >= 0.3 is 0 Å². The third-order valence-corrected chi connectivity index (χ3v) is 4.13. The van der Waals surface area contributed by atoms with Crippen molar-refractivity contribution < 1.29 is 14.0 Å². The van der Waals surface area contributed by atoms with Crippen LogP contribution in [0.25, 0.3) is 0 Å². The maximum Gasteiger partial charge on any atom is 0.274 e. The van der Waals surface area contributed by atoms with Crippen LogP contribution in [-0.2, 0) is 7.05 Å². The predicted molar refractivity (Wildman–Crippen MR) is 86.3 cm³/mol. The Hall–Kier alpha value is -2.54. The first-order valence-electron chi connectivity index (χ1n) is 7.83. The second-order valence-electron chi connectivity index (χ2n) is 5.87. The minimum atomic E-state index is -0.354. The summed E-state index contributed by atoms with van der Waals surface area (Å²) in [5.41, 5.74) is 0.941. The minimum Gasteiger partial charge on any atom is -0.335 e. The molecule has 1 aromatic heterocycles. The molecule has 0 bridgehead atoms. The van der Waals surface area contributed by atoms with Crippen molar-refractivity contribution in [2.45, 2.75) is 0 Å².